The van der Waals surface area contributed by atoms with Gasteiger partial charge in [-0.15, -0.1) is 0 Å². The van der Waals surface area contributed by atoms with Crippen molar-refractivity contribution in [2.45, 2.75) is 0 Å². The fourth-order valence-electron chi connectivity index (χ4n) is 4.31. The van der Waals surface area contributed by atoms with Gasteiger partial charge in [0.25, 0.3) is 0 Å². The molecule has 0 aliphatic carbocycles. The zero-order valence-corrected chi connectivity index (χ0v) is 12.7. The molecule has 6 rings (SSSR count). The first-order chi connectivity index (χ1) is 11.3. The molecule has 0 saturated carbocycles. The summed E-state index contributed by atoms with van der Waals surface area (Å²) in [5, 5.41) is 6.68. The van der Waals surface area contributed by atoms with Crippen molar-refractivity contribution in [2.75, 3.05) is 0 Å². The minimum atomic E-state index is 1.28. The van der Waals surface area contributed by atoms with Gasteiger partial charge in [-0.1, -0.05) is 36.4 Å². The molecule has 0 fully saturated rings. The Kier molecular flexibility index (Phi) is 1.84. The van der Waals surface area contributed by atoms with E-state index in [1.807, 2.05) is 0 Å². The maximum atomic E-state index is 2.35. The van der Waals surface area contributed by atoms with Crippen molar-refractivity contribution in [2.24, 2.45) is 7.05 Å². The van der Waals surface area contributed by atoms with Gasteiger partial charge in [0.05, 0.1) is 16.6 Å². The normalized spacial score (nSPS) is 12.6. The van der Waals surface area contributed by atoms with E-state index in [1.165, 1.54) is 49.0 Å². The number of fused-ring (bicyclic) bond motifs is 2. The molecule has 0 aliphatic rings. The molecule has 0 unspecified atom stereocenters. The van der Waals surface area contributed by atoms with Crippen molar-refractivity contribution in [3.8, 4) is 0 Å². The first kappa shape index (κ1) is 11.6. The number of hydrogen-bond donors (Lipinski definition) is 0. The molecule has 3 heterocycles. The average Bonchev–Trinajstić information content (AvgIpc) is 3.11. The molecule has 0 aliphatic heterocycles. The van der Waals surface area contributed by atoms with Crippen LogP contribution in [0.3, 0.4) is 0 Å². The third kappa shape index (κ3) is 1.19. The standard InChI is InChI=1S/C21H14N2/c1-22-16-8-3-6-14-15-7-2-5-13-11-12-23(21(13)15)18-10-4-9-17(22)20(18)19(14)16/h2-12H,1H3. The van der Waals surface area contributed by atoms with Crippen molar-refractivity contribution in [1.29, 1.82) is 0 Å². The Morgan fingerprint density at radius 2 is 1.35 bits per heavy atom. The lowest BCUT2D eigenvalue weighted by atomic mass is 10.0. The van der Waals surface area contributed by atoms with Crippen LogP contribution in [0.25, 0.3) is 49.0 Å². The second-order valence-corrected chi connectivity index (χ2v) is 6.36. The van der Waals surface area contributed by atoms with Crippen LogP contribution in [0.1, 0.15) is 0 Å². The number of rotatable bonds is 0. The molecule has 0 radical (unpaired) electrons. The number of nitrogens with zero attached hydrogens (tertiary/aromatic N) is 2. The highest BCUT2D eigenvalue weighted by Gasteiger charge is 2.16. The Morgan fingerprint density at radius 1 is 0.652 bits per heavy atom. The molecule has 2 heteroatoms. The van der Waals surface area contributed by atoms with Crippen molar-refractivity contribution in [3.63, 3.8) is 0 Å². The van der Waals surface area contributed by atoms with Gasteiger partial charge in [-0.05, 0) is 29.7 Å². The fraction of sp³-hybridized carbons (Fsp3) is 0.0476. The highest BCUT2D eigenvalue weighted by Crippen LogP contribution is 2.39. The predicted octanol–water partition coefficient (Wildman–Crippen LogP) is 5.33. The van der Waals surface area contributed by atoms with Gasteiger partial charge in [0, 0.05) is 40.3 Å². The summed E-state index contributed by atoms with van der Waals surface area (Å²) < 4.78 is 4.67. The third-order valence-corrected chi connectivity index (χ3v) is 5.30. The van der Waals surface area contributed by atoms with Crippen LogP contribution in [0.2, 0.25) is 0 Å². The first-order valence-electron chi connectivity index (χ1n) is 7.95. The zero-order valence-electron chi connectivity index (χ0n) is 12.7. The molecular weight excluding hydrogens is 280 g/mol. The Balaban J connectivity index is 2.22. The summed E-state index contributed by atoms with van der Waals surface area (Å²) in [5.41, 5.74) is 5.18. The topological polar surface area (TPSA) is 9.34 Å². The molecule has 0 N–H and O–H groups in total. The first-order valence-corrected chi connectivity index (χ1v) is 7.95. The van der Waals surface area contributed by atoms with Gasteiger partial charge < -0.3 is 8.97 Å². The van der Waals surface area contributed by atoms with Gasteiger partial charge in [0.1, 0.15) is 0 Å². The smallest absolute Gasteiger partial charge is 0.0607 e. The van der Waals surface area contributed by atoms with E-state index >= 15 is 0 Å². The predicted molar refractivity (Wildman–Crippen MR) is 97.6 cm³/mol. The second kappa shape index (κ2) is 3.66. The third-order valence-electron chi connectivity index (χ3n) is 5.30. The van der Waals surface area contributed by atoms with E-state index in [4.69, 9.17) is 0 Å². The van der Waals surface area contributed by atoms with E-state index in [0.29, 0.717) is 0 Å². The Hall–Kier alpha value is -3.00. The van der Waals surface area contributed by atoms with Crippen LogP contribution in [0, 0.1) is 0 Å². The van der Waals surface area contributed by atoms with E-state index in [9.17, 15) is 0 Å². The molecular formula is C21H14N2. The van der Waals surface area contributed by atoms with Gasteiger partial charge in [-0.2, -0.15) is 0 Å². The fourth-order valence-corrected chi connectivity index (χ4v) is 4.31. The molecule has 23 heavy (non-hydrogen) atoms. The molecule has 0 atom stereocenters. The summed E-state index contributed by atoms with van der Waals surface area (Å²) in [4.78, 5) is 0. The summed E-state index contributed by atoms with van der Waals surface area (Å²) in [6, 6.07) is 22.1. The molecule has 3 aromatic carbocycles. The maximum absolute atomic E-state index is 2.35. The largest absolute Gasteiger partial charge is 0.344 e. The SMILES string of the molecule is Cn1c2cccc3c4cccc5ccn(c6cccc1c6c32)c54. The lowest BCUT2D eigenvalue weighted by molar-refractivity contribution is 1.01. The van der Waals surface area contributed by atoms with Crippen LogP contribution in [0.5, 0.6) is 0 Å². The Labute approximate surface area is 132 Å². The van der Waals surface area contributed by atoms with Gasteiger partial charge in [0.2, 0.25) is 0 Å². The minimum absolute atomic E-state index is 1.28. The molecule has 2 nitrogen and oxygen atoms in total. The average molecular weight is 294 g/mol. The van der Waals surface area contributed by atoms with Crippen LogP contribution in [-0.4, -0.2) is 8.97 Å². The Morgan fingerprint density at radius 3 is 2.26 bits per heavy atom. The summed E-state index contributed by atoms with van der Waals surface area (Å²) in [5.74, 6) is 0. The minimum Gasteiger partial charge on any atom is -0.344 e. The van der Waals surface area contributed by atoms with Crippen molar-refractivity contribution >= 4 is 49.0 Å². The van der Waals surface area contributed by atoms with Crippen LogP contribution in [-0.2, 0) is 7.05 Å². The van der Waals surface area contributed by atoms with Crippen LogP contribution >= 0.6 is 0 Å². The quantitative estimate of drug-likeness (QED) is 0.358. The summed E-state index contributed by atoms with van der Waals surface area (Å²) >= 11 is 0. The van der Waals surface area contributed by atoms with Crippen LogP contribution in [0.15, 0.2) is 66.9 Å². The summed E-state index contributed by atoms with van der Waals surface area (Å²) in [6.07, 6.45) is 2.20. The van der Waals surface area contributed by atoms with E-state index in [-0.39, 0.29) is 0 Å². The summed E-state index contributed by atoms with van der Waals surface area (Å²) in [7, 11) is 2.16. The van der Waals surface area contributed by atoms with Gasteiger partial charge >= 0.3 is 0 Å². The molecule has 0 bridgehead atoms. The van der Waals surface area contributed by atoms with Crippen LogP contribution in [0.4, 0.5) is 0 Å². The monoisotopic (exact) mass is 294 g/mol. The molecule has 6 aromatic rings. The van der Waals surface area contributed by atoms with Gasteiger partial charge in [0.15, 0.2) is 0 Å². The lowest BCUT2D eigenvalue weighted by Gasteiger charge is -2.02. The van der Waals surface area contributed by atoms with Gasteiger partial charge in [-0.25, -0.2) is 0 Å². The molecule has 0 saturated heterocycles. The van der Waals surface area contributed by atoms with Crippen LogP contribution < -0.4 is 0 Å². The lowest BCUT2D eigenvalue weighted by Crippen LogP contribution is -1.88. The summed E-state index contributed by atoms with van der Waals surface area (Å²) in [6.45, 7) is 0. The maximum Gasteiger partial charge on any atom is 0.0607 e. The number of benzene rings is 3. The van der Waals surface area contributed by atoms with Crippen molar-refractivity contribution in [3.05, 3.63) is 66.9 Å². The van der Waals surface area contributed by atoms with E-state index in [0.717, 1.165) is 0 Å². The van der Waals surface area contributed by atoms with Crippen molar-refractivity contribution < 1.29 is 0 Å². The second-order valence-electron chi connectivity index (χ2n) is 6.36. The van der Waals surface area contributed by atoms with E-state index in [2.05, 4.69) is 82.9 Å². The van der Waals surface area contributed by atoms with Crippen molar-refractivity contribution in [1.82, 2.24) is 8.97 Å². The highest BCUT2D eigenvalue weighted by molar-refractivity contribution is 6.28. The van der Waals surface area contributed by atoms with Gasteiger partial charge in [-0.3, -0.25) is 0 Å². The highest BCUT2D eigenvalue weighted by atomic mass is 14.9. The molecule has 0 spiro atoms. The van der Waals surface area contributed by atoms with E-state index in [1.54, 1.807) is 0 Å². The molecule has 0 amide bonds. The number of hydrogen-bond acceptors (Lipinski definition) is 0. The zero-order chi connectivity index (χ0) is 15.1. The Bertz CT molecular complexity index is 1340. The number of aryl methyl sites for hydroxylation is 1. The molecule has 3 aromatic heterocycles. The number of para-hydroxylation sites is 1. The number of aromatic nitrogens is 2. The molecule has 108 valence electrons. The van der Waals surface area contributed by atoms with E-state index < -0.39 is 0 Å².